The minimum absolute atomic E-state index is 0.0664. The highest BCUT2D eigenvalue weighted by Crippen LogP contribution is 2.25. The summed E-state index contributed by atoms with van der Waals surface area (Å²) in [4.78, 5) is 0. The third-order valence-corrected chi connectivity index (χ3v) is 2.69. The molecule has 0 saturated carbocycles. The van der Waals surface area contributed by atoms with Crippen LogP contribution in [0.25, 0.3) is 0 Å². The smallest absolute Gasteiger partial charge is 0.184 e. The lowest BCUT2D eigenvalue weighted by molar-refractivity contribution is -0.301. The quantitative estimate of drug-likeness (QED) is 0.590. The van der Waals surface area contributed by atoms with E-state index in [2.05, 4.69) is 5.92 Å². The maximum Gasteiger partial charge on any atom is 0.184 e. The molecule has 6 nitrogen and oxygen atoms in total. The molecule has 0 bridgehead atoms. The number of methoxy groups -OCH3 is 2. The van der Waals surface area contributed by atoms with Gasteiger partial charge in [-0.25, -0.2) is 0 Å². The Morgan fingerprint density at radius 3 is 2.35 bits per heavy atom. The molecule has 0 amide bonds. The number of hydrogen-bond donors (Lipinski definition) is 2. The van der Waals surface area contributed by atoms with Gasteiger partial charge in [0.2, 0.25) is 0 Å². The Morgan fingerprint density at radius 1 is 1.24 bits per heavy atom. The van der Waals surface area contributed by atoms with Crippen molar-refractivity contribution in [1.82, 2.24) is 0 Å². The number of aliphatic hydroxyl groups is 2. The molecule has 17 heavy (non-hydrogen) atoms. The topological polar surface area (TPSA) is 77.4 Å². The third-order valence-electron chi connectivity index (χ3n) is 2.69. The molecule has 0 spiro atoms. The third kappa shape index (κ3) is 3.16. The van der Waals surface area contributed by atoms with Crippen molar-refractivity contribution in [2.24, 2.45) is 0 Å². The van der Waals surface area contributed by atoms with Crippen LogP contribution in [-0.2, 0) is 18.9 Å². The van der Waals surface area contributed by atoms with Gasteiger partial charge in [0.15, 0.2) is 6.29 Å². The van der Waals surface area contributed by atoms with Crippen LogP contribution < -0.4 is 0 Å². The maximum atomic E-state index is 9.68. The molecule has 1 saturated heterocycles. The number of terminal acetylenes is 1. The minimum atomic E-state index is -1.17. The zero-order valence-electron chi connectivity index (χ0n) is 9.91. The van der Waals surface area contributed by atoms with Crippen molar-refractivity contribution in [2.75, 3.05) is 27.4 Å². The van der Waals surface area contributed by atoms with Crippen LogP contribution in [0.2, 0.25) is 0 Å². The predicted molar refractivity (Wildman–Crippen MR) is 58.1 cm³/mol. The Labute approximate surface area is 100 Å². The molecule has 0 aliphatic carbocycles. The fourth-order valence-corrected chi connectivity index (χ4v) is 1.91. The van der Waals surface area contributed by atoms with Gasteiger partial charge in [0.25, 0.3) is 0 Å². The first-order valence-electron chi connectivity index (χ1n) is 5.24. The second kappa shape index (κ2) is 6.91. The molecule has 6 heteroatoms. The average molecular weight is 246 g/mol. The number of rotatable bonds is 5. The van der Waals surface area contributed by atoms with E-state index >= 15 is 0 Å². The highest BCUT2D eigenvalue weighted by molar-refractivity contribution is 4.93. The van der Waals surface area contributed by atoms with E-state index in [-0.39, 0.29) is 13.2 Å². The van der Waals surface area contributed by atoms with Gasteiger partial charge in [-0.1, -0.05) is 5.92 Å². The van der Waals surface area contributed by atoms with Crippen molar-refractivity contribution >= 4 is 0 Å². The lowest BCUT2D eigenvalue weighted by Gasteiger charge is -2.42. The number of hydrogen-bond acceptors (Lipinski definition) is 6. The Morgan fingerprint density at radius 2 is 1.88 bits per heavy atom. The normalized spacial score (nSPS) is 37.7. The molecule has 0 aromatic carbocycles. The van der Waals surface area contributed by atoms with Gasteiger partial charge in [0, 0.05) is 14.2 Å². The van der Waals surface area contributed by atoms with E-state index in [1.807, 2.05) is 0 Å². The van der Waals surface area contributed by atoms with E-state index in [0.29, 0.717) is 0 Å². The van der Waals surface area contributed by atoms with Gasteiger partial charge < -0.3 is 29.2 Å². The zero-order chi connectivity index (χ0) is 12.8. The summed E-state index contributed by atoms with van der Waals surface area (Å²) in [5, 5.41) is 18.9. The molecule has 1 rings (SSSR count). The first-order valence-corrected chi connectivity index (χ1v) is 5.24. The van der Waals surface area contributed by atoms with Crippen LogP contribution in [-0.4, -0.2) is 68.4 Å². The van der Waals surface area contributed by atoms with Crippen LogP contribution in [0.1, 0.15) is 0 Å². The van der Waals surface area contributed by atoms with Crippen molar-refractivity contribution in [1.29, 1.82) is 0 Å². The van der Waals surface area contributed by atoms with Gasteiger partial charge in [-0.2, -0.15) is 0 Å². The summed E-state index contributed by atoms with van der Waals surface area (Å²) in [6, 6.07) is 0. The molecule has 2 N–H and O–H groups in total. The van der Waals surface area contributed by atoms with Gasteiger partial charge in [-0.15, -0.1) is 6.42 Å². The van der Waals surface area contributed by atoms with Gasteiger partial charge in [0.1, 0.15) is 31.0 Å². The fraction of sp³-hybridized carbons (Fsp3) is 0.818. The van der Waals surface area contributed by atoms with E-state index < -0.39 is 30.7 Å². The van der Waals surface area contributed by atoms with Crippen LogP contribution in [0.15, 0.2) is 0 Å². The second-order valence-electron chi connectivity index (χ2n) is 3.63. The Kier molecular flexibility index (Phi) is 5.85. The van der Waals surface area contributed by atoms with Crippen molar-refractivity contribution in [3.8, 4) is 12.3 Å². The van der Waals surface area contributed by atoms with Crippen molar-refractivity contribution < 1.29 is 29.2 Å². The number of aliphatic hydroxyl groups excluding tert-OH is 2. The summed E-state index contributed by atoms with van der Waals surface area (Å²) in [6.45, 7) is -0.237. The van der Waals surface area contributed by atoms with Crippen LogP contribution >= 0.6 is 0 Å². The minimum Gasteiger partial charge on any atom is -0.394 e. The van der Waals surface area contributed by atoms with Crippen LogP contribution in [0.4, 0.5) is 0 Å². The van der Waals surface area contributed by atoms with Crippen LogP contribution in [0.5, 0.6) is 0 Å². The van der Waals surface area contributed by atoms with E-state index in [0.717, 1.165) is 0 Å². The van der Waals surface area contributed by atoms with Gasteiger partial charge in [-0.3, -0.25) is 0 Å². The molecular weight excluding hydrogens is 228 g/mol. The molecule has 1 aliphatic rings. The molecular formula is C11H18O6. The monoisotopic (exact) mass is 246 g/mol. The Hall–Kier alpha value is -0.680. The molecule has 0 radical (unpaired) electrons. The standard InChI is InChI=1S/C11H18O6/c1-4-5-16-8-7(6-12)17-11(13)10(15-3)9(8)14-2/h1,7-13H,5-6H2,2-3H3/t7-,8-,9+,10-,11+/m1/s1. The van der Waals surface area contributed by atoms with E-state index in [1.165, 1.54) is 14.2 Å². The predicted octanol–water partition coefficient (Wildman–Crippen LogP) is -1.26. The maximum absolute atomic E-state index is 9.68. The van der Waals surface area contributed by atoms with Gasteiger partial charge in [0.05, 0.1) is 6.61 Å². The molecule has 1 aliphatic heterocycles. The number of ether oxygens (including phenoxy) is 4. The van der Waals surface area contributed by atoms with Crippen LogP contribution in [0.3, 0.4) is 0 Å². The summed E-state index contributed by atoms with van der Waals surface area (Å²) in [5.74, 6) is 2.33. The average Bonchev–Trinajstić information content (AvgIpc) is 2.35. The molecule has 1 heterocycles. The van der Waals surface area contributed by atoms with Crippen molar-refractivity contribution in [3.05, 3.63) is 0 Å². The molecule has 5 atom stereocenters. The van der Waals surface area contributed by atoms with E-state index in [4.69, 9.17) is 25.4 Å². The molecule has 0 aromatic rings. The molecule has 0 unspecified atom stereocenters. The molecule has 1 fully saturated rings. The van der Waals surface area contributed by atoms with E-state index in [1.54, 1.807) is 0 Å². The summed E-state index contributed by atoms with van der Waals surface area (Å²) in [6.07, 6.45) is 1.40. The summed E-state index contributed by atoms with van der Waals surface area (Å²) in [5.41, 5.74) is 0. The van der Waals surface area contributed by atoms with Crippen molar-refractivity contribution in [3.63, 3.8) is 0 Å². The zero-order valence-corrected chi connectivity index (χ0v) is 9.91. The largest absolute Gasteiger partial charge is 0.394 e. The van der Waals surface area contributed by atoms with E-state index in [9.17, 15) is 10.2 Å². The lowest BCUT2D eigenvalue weighted by atomic mass is 9.98. The van der Waals surface area contributed by atoms with Crippen LogP contribution in [0, 0.1) is 12.3 Å². The first kappa shape index (κ1) is 14.4. The fourth-order valence-electron chi connectivity index (χ4n) is 1.91. The Bertz CT molecular complexity index is 263. The molecule has 0 aromatic heterocycles. The van der Waals surface area contributed by atoms with Gasteiger partial charge in [-0.05, 0) is 0 Å². The van der Waals surface area contributed by atoms with Crippen molar-refractivity contribution in [2.45, 2.75) is 30.7 Å². The SMILES string of the molecule is C#CCO[C@H]1[C@H](OC)[C@@H](OC)[C@@H](O)O[C@@H]1CO. The highest BCUT2D eigenvalue weighted by Gasteiger charge is 2.46. The summed E-state index contributed by atoms with van der Waals surface area (Å²) < 4.78 is 20.9. The van der Waals surface area contributed by atoms with Gasteiger partial charge >= 0.3 is 0 Å². The molecule has 98 valence electrons. The summed E-state index contributed by atoms with van der Waals surface area (Å²) >= 11 is 0. The summed E-state index contributed by atoms with van der Waals surface area (Å²) in [7, 11) is 2.90. The lowest BCUT2D eigenvalue weighted by Crippen LogP contribution is -2.60. The Balaban J connectivity index is 2.81. The highest BCUT2D eigenvalue weighted by atomic mass is 16.7. The second-order valence-corrected chi connectivity index (χ2v) is 3.63. The first-order chi connectivity index (χ1) is 8.19.